The number of nitrogens with two attached hydrogens (primary N) is 1. The molecule has 0 aromatic heterocycles. The summed E-state index contributed by atoms with van der Waals surface area (Å²) >= 11 is 0. The fraction of sp³-hybridized carbons (Fsp3) is 0.125. The number of halogens is 2. The lowest BCUT2D eigenvalue weighted by Gasteiger charge is -2.15. The molecule has 1 unspecified atom stereocenters. The van der Waals surface area contributed by atoms with Gasteiger partial charge in [-0.3, -0.25) is 5.73 Å². The second-order valence-electron chi connectivity index (χ2n) is 4.47. The molecule has 0 spiro atoms. The second kappa shape index (κ2) is 6.80. The molecule has 4 heteroatoms. The van der Waals surface area contributed by atoms with Crippen molar-refractivity contribution < 1.29 is 4.74 Å². The molecular weight excluding hydrogens is 293 g/mol. The van der Waals surface area contributed by atoms with Crippen molar-refractivity contribution in [2.24, 2.45) is 5.73 Å². The Hall–Kier alpha value is -1.48. The Kier molecular flexibility index (Phi) is 5.63. The molecule has 0 radical (unpaired) electrons. The van der Waals surface area contributed by atoms with Crippen LogP contribution in [0.25, 0.3) is 21.5 Å². The molecule has 2 N–H and O–H groups in total. The Morgan fingerprint density at radius 2 is 1.30 bits per heavy atom. The Labute approximate surface area is 130 Å². The first-order chi connectivity index (χ1) is 8.75. The van der Waals surface area contributed by atoms with Gasteiger partial charge in [-0.05, 0) is 23.8 Å². The highest BCUT2D eigenvalue weighted by Crippen LogP contribution is 2.34. The molecule has 2 nitrogen and oxygen atoms in total. The summed E-state index contributed by atoms with van der Waals surface area (Å²) in [4.78, 5) is 0. The van der Waals surface area contributed by atoms with Gasteiger partial charge in [0.1, 0.15) is 12.0 Å². The van der Waals surface area contributed by atoms with Crippen LogP contribution in [0.1, 0.15) is 6.92 Å². The first-order valence-corrected chi connectivity index (χ1v) is 6.08. The Bertz CT molecular complexity index is 659. The van der Waals surface area contributed by atoms with Crippen LogP contribution in [0.2, 0.25) is 0 Å². The smallest absolute Gasteiger partial charge is 0.144 e. The number of benzene rings is 3. The summed E-state index contributed by atoms with van der Waals surface area (Å²) < 4.78 is 5.82. The molecule has 0 amide bonds. The highest BCUT2D eigenvalue weighted by Gasteiger charge is 2.09. The van der Waals surface area contributed by atoms with Crippen LogP contribution in [0, 0.1) is 0 Å². The first kappa shape index (κ1) is 16.6. The van der Waals surface area contributed by atoms with Crippen LogP contribution in [-0.2, 0) is 0 Å². The van der Waals surface area contributed by atoms with Gasteiger partial charge in [-0.25, -0.2) is 0 Å². The average Bonchev–Trinajstić information content (AvgIpc) is 2.38. The van der Waals surface area contributed by atoms with E-state index in [1.165, 1.54) is 10.8 Å². The Balaban J connectivity index is 0.000001000. The maximum atomic E-state index is 5.82. The molecular formula is C16H17Cl2NO. The minimum absolute atomic E-state index is 0. The normalized spacial score (nSPS) is 11.5. The van der Waals surface area contributed by atoms with Gasteiger partial charge in [-0.15, -0.1) is 24.8 Å². The number of fused-ring (bicyclic) bond motifs is 2. The second-order valence-corrected chi connectivity index (χ2v) is 4.47. The van der Waals surface area contributed by atoms with E-state index in [1.54, 1.807) is 0 Å². The zero-order valence-corrected chi connectivity index (χ0v) is 12.7. The zero-order valence-electron chi connectivity index (χ0n) is 11.1. The molecule has 0 aliphatic carbocycles. The minimum atomic E-state index is -0.320. The summed E-state index contributed by atoms with van der Waals surface area (Å²) in [6.45, 7) is 1.84. The summed E-state index contributed by atoms with van der Waals surface area (Å²) in [6, 6.07) is 18.6. The molecule has 0 saturated carbocycles. The molecule has 3 aromatic rings. The van der Waals surface area contributed by atoms with Crippen LogP contribution < -0.4 is 10.5 Å². The zero-order chi connectivity index (χ0) is 12.5. The molecule has 0 aliphatic heterocycles. The van der Waals surface area contributed by atoms with Crippen molar-refractivity contribution >= 4 is 46.4 Å². The summed E-state index contributed by atoms with van der Waals surface area (Å²) in [7, 11) is 0. The number of hydrogen-bond donors (Lipinski definition) is 1. The van der Waals surface area contributed by atoms with Crippen molar-refractivity contribution in [2.75, 3.05) is 0 Å². The van der Waals surface area contributed by atoms with Gasteiger partial charge in [0.15, 0.2) is 0 Å². The van der Waals surface area contributed by atoms with E-state index in [0.717, 1.165) is 16.5 Å². The lowest BCUT2D eigenvalue weighted by molar-refractivity contribution is 0.236. The number of ether oxygens (including phenoxy) is 1. The third-order valence-corrected chi connectivity index (χ3v) is 3.03. The maximum Gasteiger partial charge on any atom is 0.144 e. The lowest BCUT2D eigenvalue weighted by atomic mass is 10.0. The first-order valence-electron chi connectivity index (χ1n) is 6.08. The lowest BCUT2D eigenvalue weighted by Crippen LogP contribution is -2.22. The van der Waals surface area contributed by atoms with Gasteiger partial charge < -0.3 is 4.74 Å². The molecule has 3 aromatic carbocycles. The van der Waals surface area contributed by atoms with E-state index in [9.17, 15) is 0 Å². The predicted octanol–water partition coefficient (Wildman–Crippen LogP) is 4.52. The minimum Gasteiger partial charge on any atom is -0.475 e. The molecule has 1 atom stereocenters. The van der Waals surface area contributed by atoms with Gasteiger partial charge >= 0.3 is 0 Å². The maximum absolute atomic E-state index is 5.82. The van der Waals surface area contributed by atoms with Crippen molar-refractivity contribution in [2.45, 2.75) is 13.2 Å². The van der Waals surface area contributed by atoms with Crippen molar-refractivity contribution in [1.29, 1.82) is 0 Å². The van der Waals surface area contributed by atoms with E-state index in [4.69, 9.17) is 10.5 Å². The third-order valence-electron chi connectivity index (χ3n) is 3.03. The fourth-order valence-corrected chi connectivity index (χ4v) is 2.28. The van der Waals surface area contributed by atoms with E-state index in [2.05, 4.69) is 30.3 Å². The fourth-order valence-electron chi connectivity index (χ4n) is 2.28. The van der Waals surface area contributed by atoms with Crippen molar-refractivity contribution in [3.8, 4) is 5.75 Å². The van der Waals surface area contributed by atoms with E-state index in [1.807, 2.05) is 31.2 Å². The number of rotatable bonds is 2. The molecule has 0 saturated heterocycles. The van der Waals surface area contributed by atoms with Gasteiger partial charge in [0, 0.05) is 10.8 Å². The van der Waals surface area contributed by atoms with Crippen LogP contribution in [0.15, 0.2) is 54.6 Å². The summed E-state index contributed by atoms with van der Waals surface area (Å²) in [5.74, 6) is 0.874. The SMILES string of the molecule is CC(N)Oc1c2ccccc2cc2ccccc12.Cl.Cl. The quantitative estimate of drug-likeness (QED) is 0.558. The van der Waals surface area contributed by atoms with Gasteiger partial charge in [0.05, 0.1) is 0 Å². The van der Waals surface area contributed by atoms with E-state index >= 15 is 0 Å². The van der Waals surface area contributed by atoms with Crippen LogP contribution in [0.5, 0.6) is 5.75 Å². The monoisotopic (exact) mass is 309 g/mol. The summed E-state index contributed by atoms with van der Waals surface area (Å²) in [5, 5.41) is 4.56. The summed E-state index contributed by atoms with van der Waals surface area (Å²) in [6.07, 6.45) is -0.320. The van der Waals surface area contributed by atoms with Crippen LogP contribution in [0.4, 0.5) is 0 Å². The Morgan fingerprint density at radius 3 is 1.75 bits per heavy atom. The van der Waals surface area contributed by atoms with Crippen LogP contribution in [0.3, 0.4) is 0 Å². The predicted molar refractivity (Wildman–Crippen MR) is 90.2 cm³/mol. The van der Waals surface area contributed by atoms with Gasteiger partial charge in [0.25, 0.3) is 0 Å². The highest BCUT2D eigenvalue weighted by atomic mass is 35.5. The standard InChI is InChI=1S/C16H15NO.2ClH/c1-11(17)18-16-14-8-4-2-6-12(14)10-13-7-3-5-9-15(13)16;;/h2-11H,17H2,1H3;2*1H. The van der Waals surface area contributed by atoms with E-state index in [0.29, 0.717) is 0 Å². The Morgan fingerprint density at radius 1 is 0.850 bits per heavy atom. The van der Waals surface area contributed by atoms with Crippen molar-refractivity contribution in [1.82, 2.24) is 0 Å². The van der Waals surface area contributed by atoms with Crippen molar-refractivity contribution in [3.63, 3.8) is 0 Å². The average molecular weight is 310 g/mol. The van der Waals surface area contributed by atoms with Gasteiger partial charge in [0.2, 0.25) is 0 Å². The molecule has 0 heterocycles. The molecule has 0 bridgehead atoms. The molecule has 106 valence electrons. The topological polar surface area (TPSA) is 35.2 Å². The van der Waals surface area contributed by atoms with E-state index < -0.39 is 0 Å². The highest BCUT2D eigenvalue weighted by molar-refractivity contribution is 6.05. The molecule has 0 fully saturated rings. The van der Waals surface area contributed by atoms with Crippen LogP contribution >= 0.6 is 24.8 Å². The number of hydrogen-bond acceptors (Lipinski definition) is 2. The molecule has 3 rings (SSSR count). The summed E-state index contributed by atoms with van der Waals surface area (Å²) in [5.41, 5.74) is 5.78. The van der Waals surface area contributed by atoms with Gasteiger partial charge in [-0.2, -0.15) is 0 Å². The van der Waals surface area contributed by atoms with E-state index in [-0.39, 0.29) is 31.0 Å². The molecule has 20 heavy (non-hydrogen) atoms. The molecule has 0 aliphatic rings. The van der Waals surface area contributed by atoms with Crippen LogP contribution in [-0.4, -0.2) is 6.23 Å². The third kappa shape index (κ3) is 2.98. The van der Waals surface area contributed by atoms with Gasteiger partial charge in [-0.1, -0.05) is 48.5 Å². The van der Waals surface area contributed by atoms with Crippen molar-refractivity contribution in [3.05, 3.63) is 54.6 Å². The largest absolute Gasteiger partial charge is 0.475 e.